The summed E-state index contributed by atoms with van der Waals surface area (Å²) in [6.45, 7) is 2.96. The summed E-state index contributed by atoms with van der Waals surface area (Å²) in [5.74, 6) is 1.93. The van der Waals surface area contributed by atoms with Gasteiger partial charge in [-0.25, -0.2) is 0 Å². The molecular formula is C16H22O2. The first kappa shape index (κ1) is 13.1. The Morgan fingerprint density at radius 2 is 2.06 bits per heavy atom. The van der Waals surface area contributed by atoms with Gasteiger partial charge < -0.3 is 4.74 Å². The van der Waals surface area contributed by atoms with Gasteiger partial charge in [0.2, 0.25) is 0 Å². The van der Waals surface area contributed by atoms with Crippen molar-refractivity contribution in [3.05, 3.63) is 29.8 Å². The molecule has 18 heavy (non-hydrogen) atoms. The summed E-state index contributed by atoms with van der Waals surface area (Å²) in [7, 11) is 0. The number of carbonyl (C=O) groups excluding carboxylic acids is 1. The van der Waals surface area contributed by atoms with Crippen LogP contribution in [0.1, 0.15) is 56.9 Å². The Bertz CT molecular complexity index is 388. The Morgan fingerprint density at radius 1 is 1.28 bits per heavy atom. The van der Waals surface area contributed by atoms with Gasteiger partial charge in [-0.3, -0.25) is 4.79 Å². The van der Waals surface area contributed by atoms with E-state index in [0.29, 0.717) is 11.7 Å². The lowest BCUT2D eigenvalue weighted by Crippen LogP contribution is -2.12. The van der Waals surface area contributed by atoms with Crippen LogP contribution in [-0.4, -0.2) is 12.4 Å². The Balaban J connectivity index is 1.96. The van der Waals surface area contributed by atoms with Crippen LogP contribution in [0.5, 0.6) is 5.75 Å². The highest BCUT2D eigenvalue weighted by Crippen LogP contribution is 2.32. The Morgan fingerprint density at radius 3 is 2.78 bits per heavy atom. The summed E-state index contributed by atoms with van der Waals surface area (Å²) in [5, 5.41) is 0. The maximum absolute atomic E-state index is 11.3. The van der Waals surface area contributed by atoms with E-state index >= 15 is 0 Å². The predicted octanol–water partition coefficient (Wildman–Crippen LogP) is 4.09. The van der Waals surface area contributed by atoms with E-state index in [4.69, 9.17) is 4.74 Å². The zero-order chi connectivity index (χ0) is 12.8. The van der Waals surface area contributed by atoms with Crippen molar-refractivity contribution < 1.29 is 9.53 Å². The van der Waals surface area contributed by atoms with Crippen LogP contribution in [-0.2, 0) is 4.79 Å². The first-order chi connectivity index (χ1) is 8.79. The summed E-state index contributed by atoms with van der Waals surface area (Å²) in [6, 6.07) is 8.39. The molecule has 1 fully saturated rings. The van der Waals surface area contributed by atoms with Gasteiger partial charge in [0, 0.05) is 12.8 Å². The van der Waals surface area contributed by atoms with Gasteiger partial charge in [-0.15, -0.1) is 0 Å². The molecule has 1 aliphatic rings. The monoisotopic (exact) mass is 246 g/mol. The molecule has 0 bridgehead atoms. The van der Waals surface area contributed by atoms with Crippen molar-refractivity contribution in [1.82, 2.24) is 0 Å². The third-order valence-corrected chi connectivity index (χ3v) is 3.64. The van der Waals surface area contributed by atoms with Gasteiger partial charge in [-0.2, -0.15) is 0 Å². The Kier molecular flexibility index (Phi) is 4.80. The predicted molar refractivity (Wildman–Crippen MR) is 73.1 cm³/mol. The van der Waals surface area contributed by atoms with Crippen LogP contribution in [0.25, 0.3) is 0 Å². The van der Waals surface area contributed by atoms with Gasteiger partial charge in [-0.1, -0.05) is 25.5 Å². The number of ether oxygens (including phenoxy) is 1. The number of hydrogen-bond donors (Lipinski definition) is 0. The van der Waals surface area contributed by atoms with Crippen LogP contribution in [0.2, 0.25) is 0 Å². The van der Waals surface area contributed by atoms with Crippen LogP contribution in [0.3, 0.4) is 0 Å². The molecule has 0 aromatic heterocycles. The third kappa shape index (κ3) is 3.59. The highest BCUT2D eigenvalue weighted by Gasteiger charge is 2.20. The molecule has 0 unspecified atom stereocenters. The van der Waals surface area contributed by atoms with E-state index in [2.05, 4.69) is 25.1 Å². The SMILES string of the molecule is CCCCOc1cccc(C2CCC(=O)CC2)c1. The molecule has 0 N–H and O–H groups in total. The second-order valence-corrected chi connectivity index (χ2v) is 5.09. The average molecular weight is 246 g/mol. The van der Waals surface area contributed by atoms with Crippen molar-refractivity contribution in [2.75, 3.05) is 6.61 Å². The van der Waals surface area contributed by atoms with Gasteiger partial charge in [0.1, 0.15) is 11.5 Å². The minimum absolute atomic E-state index is 0.418. The van der Waals surface area contributed by atoms with Gasteiger partial charge >= 0.3 is 0 Å². The number of carbonyl (C=O) groups is 1. The van der Waals surface area contributed by atoms with Crippen LogP contribution < -0.4 is 4.74 Å². The molecule has 2 heteroatoms. The van der Waals surface area contributed by atoms with E-state index in [1.807, 2.05) is 6.07 Å². The van der Waals surface area contributed by atoms with E-state index in [9.17, 15) is 4.79 Å². The van der Waals surface area contributed by atoms with E-state index in [1.165, 1.54) is 5.56 Å². The van der Waals surface area contributed by atoms with Crippen molar-refractivity contribution in [1.29, 1.82) is 0 Å². The molecule has 0 radical (unpaired) electrons. The lowest BCUT2D eigenvalue weighted by atomic mass is 9.83. The number of Topliss-reactive ketones (excluding diaryl/α,β-unsaturated/α-hetero) is 1. The second-order valence-electron chi connectivity index (χ2n) is 5.09. The standard InChI is InChI=1S/C16H22O2/c1-2-3-11-18-16-6-4-5-14(12-16)13-7-9-15(17)10-8-13/h4-6,12-13H,2-3,7-11H2,1H3. The smallest absolute Gasteiger partial charge is 0.132 e. The normalized spacial score (nSPS) is 16.8. The first-order valence-electron chi connectivity index (χ1n) is 7.04. The largest absolute Gasteiger partial charge is 0.494 e. The molecule has 1 saturated carbocycles. The summed E-state index contributed by atoms with van der Waals surface area (Å²) < 4.78 is 5.73. The van der Waals surface area contributed by atoms with E-state index in [-0.39, 0.29) is 0 Å². The van der Waals surface area contributed by atoms with Crippen LogP contribution in [0, 0.1) is 0 Å². The molecule has 0 aliphatic heterocycles. The van der Waals surface area contributed by atoms with Crippen LogP contribution >= 0.6 is 0 Å². The number of benzene rings is 1. The summed E-state index contributed by atoms with van der Waals surface area (Å²) in [4.78, 5) is 11.3. The van der Waals surface area contributed by atoms with Crippen LogP contribution in [0.15, 0.2) is 24.3 Å². The summed E-state index contributed by atoms with van der Waals surface area (Å²) in [6.07, 6.45) is 5.73. The third-order valence-electron chi connectivity index (χ3n) is 3.64. The average Bonchev–Trinajstić information content (AvgIpc) is 2.40. The first-order valence-corrected chi connectivity index (χ1v) is 7.04. The van der Waals surface area contributed by atoms with Gasteiger partial charge in [0.15, 0.2) is 0 Å². The van der Waals surface area contributed by atoms with E-state index in [0.717, 1.165) is 50.9 Å². The fraction of sp³-hybridized carbons (Fsp3) is 0.562. The van der Waals surface area contributed by atoms with E-state index < -0.39 is 0 Å². The summed E-state index contributed by atoms with van der Waals surface area (Å²) in [5.41, 5.74) is 1.33. The number of rotatable bonds is 5. The highest BCUT2D eigenvalue weighted by molar-refractivity contribution is 5.79. The number of ketones is 1. The topological polar surface area (TPSA) is 26.3 Å². The van der Waals surface area contributed by atoms with Gasteiger partial charge in [-0.05, 0) is 42.9 Å². The maximum Gasteiger partial charge on any atom is 0.132 e. The molecular weight excluding hydrogens is 224 g/mol. The Labute approximate surface area is 109 Å². The lowest BCUT2D eigenvalue weighted by Gasteiger charge is -2.21. The molecule has 1 aromatic carbocycles. The molecule has 1 aliphatic carbocycles. The molecule has 0 heterocycles. The second kappa shape index (κ2) is 6.58. The molecule has 1 aromatic rings. The van der Waals surface area contributed by atoms with Crippen molar-refractivity contribution in [2.24, 2.45) is 0 Å². The summed E-state index contributed by atoms with van der Waals surface area (Å²) >= 11 is 0. The molecule has 98 valence electrons. The molecule has 0 saturated heterocycles. The fourth-order valence-corrected chi connectivity index (χ4v) is 2.47. The van der Waals surface area contributed by atoms with Crippen molar-refractivity contribution >= 4 is 5.78 Å². The zero-order valence-electron chi connectivity index (χ0n) is 11.2. The molecule has 0 amide bonds. The minimum atomic E-state index is 0.418. The Hall–Kier alpha value is -1.31. The van der Waals surface area contributed by atoms with Crippen molar-refractivity contribution in [2.45, 2.75) is 51.4 Å². The van der Waals surface area contributed by atoms with Crippen molar-refractivity contribution in [3.63, 3.8) is 0 Å². The molecule has 0 spiro atoms. The zero-order valence-corrected chi connectivity index (χ0v) is 11.2. The molecule has 2 rings (SSSR count). The number of unbranched alkanes of at least 4 members (excludes halogenated alkanes) is 1. The highest BCUT2D eigenvalue weighted by atomic mass is 16.5. The molecule has 0 atom stereocenters. The van der Waals surface area contributed by atoms with Gasteiger partial charge in [0.25, 0.3) is 0 Å². The fourth-order valence-electron chi connectivity index (χ4n) is 2.47. The maximum atomic E-state index is 11.3. The lowest BCUT2D eigenvalue weighted by molar-refractivity contribution is -0.120. The van der Waals surface area contributed by atoms with Gasteiger partial charge in [0.05, 0.1) is 6.61 Å². The number of hydrogen-bond acceptors (Lipinski definition) is 2. The van der Waals surface area contributed by atoms with E-state index in [1.54, 1.807) is 0 Å². The van der Waals surface area contributed by atoms with Crippen LogP contribution in [0.4, 0.5) is 0 Å². The quantitative estimate of drug-likeness (QED) is 0.731. The van der Waals surface area contributed by atoms with Crippen molar-refractivity contribution in [3.8, 4) is 5.75 Å². The molecule has 2 nitrogen and oxygen atoms in total. The minimum Gasteiger partial charge on any atom is -0.494 e.